The Morgan fingerprint density at radius 3 is 2.03 bits per heavy atom. The topological polar surface area (TPSA) is 97.1 Å². The van der Waals surface area contributed by atoms with E-state index in [1.54, 1.807) is 54.6 Å². The van der Waals surface area contributed by atoms with Crippen LogP contribution in [0.25, 0.3) is 11.0 Å². The second-order valence-corrected chi connectivity index (χ2v) is 6.56. The predicted octanol–water partition coefficient (Wildman–Crippen LogP) is 4.34. The second kappa shape index (κ2) is 7.55. The van der Waals surface area contributed by atoms with Crippen LogP contribution in [0.3, 0.4) is 0 Å². The summed E-state index contributed by atoms with van der Waals surface area (Å²) in [6, 6.07) is 15.3. The third kappa shape index (κ3) is 3.98. The van der Waals surface area contributed by atoms with Crippen molar-refractivity contribution in [2.24, 2.45) is 0 Å². The Hall–Kier alpha value is -4.00. The first kappa shape index (κ1) is 18.4. The van der Waals surface area contributed by atoms with E-state index in [0.29, 0.717) is 22.5 Å². The first-order valence-corrected chi connectivity index (χ1v) is 9.01. The van der Waals surface area contributed by atoms with Gasteiger partial charge >= 0.3 is 0 Å². The van der Waals surface area contributed by atoms with Crippen LogP contribution in [0.1, 0.15) is 32.3 Å². The smallest absolute Gasteiger partial charge is 0.291 e. The van der Waals surface area contributed by atoms with Crippen LogP contribution < -0.4 is 10.6 Å². The number of anilines is 2. The van der Waals surface area contributed by atoms with Gasteiger partial charge in [0.25, 0.3) is 11.8 Å². The highest BCUT2D eigenvalue weighted by atomic mass is 16.3. The fraction of sp³-hybridized carbons (Fsp3) is 0.0909. The highest BCUT2D eigenvalue weighted by molar-refractivity contribution is 6.06. The molecule has 0 aliphatic carbocycles. The van der Waals surface area contributed by atoms with E-state index in [1.165, 1.54) is 6.26 Å². The number of fused-ring (bicyclic) bond motifs is 1. The quantitative estimate of drug-likeness (QED) is 0.544. The first-order chi connectivity index (χ1) is 14.0. The Balaban J connectivity index is 1.46. The standard InChI is InChI=1S/C22H18N4O3/c1-13-14(2)24-19-12-15(5-10-18(19)23-13)21(27)25-16-6-8-17(9-7-16)26-22(28)20-4-3-11-29-20/h3-12H,1-2H3,(H,25,27)(H,26,28). The molecule has 0 atom stereocenters. The molecule has 2 aromatic carbocycles. The molecule has 2 aromatic heterocycles. The molecule has 0 fully saturated rings. The van der Waals surface area contributed by atoms with Crippen LogP contribution in [-0.2, 0) is 0 Å². The highest BCUT2D eigenvalue weighted by Gasteiger charge is 2.11. The van der Waals surface area contributed by atoms with E-state index in [4.69, 9.17) is 4.42 Å². The molecule has 0 unspecified atom stereocenters. The number of benzene rings is 2. The fourth-order valence-corrected chi connectivity index (χ4v) is 2.81. The molecule has 0 saturated heterocycles. The van der Waals surface area contributed by atoms with Crippen LogP contribution in [0.4, 0.5) is 11.4 Å². The van der Waals surface area contributed by atoms with Crippen molar-refractivity contribution in [2.75, 3.05) is 10.6 Å². The van der Waals surface area contributed by atoms with E-state index in [9.17, 15) is 9.59 Å². The van der Waals surface area contributed by atoms with Gasteiger partial charge in [0, 0.05) is 16.9 Å². The number of aryl methyl sites for hydroxylation is 2. The van der Waals surface area contributed by atoms with E-state index >= 15 is 0 Å². The predicted molar refractivity (Wildman–Crippen MR) is 110 cm³/mol. The first-order valence-electron chi connectivity index (χ1n) is 9.01. The summed E-state index contributed by atoms with van der Waals surface area (Å²) in [5.41, 5.74) is 4.83. The number of nitrogens with one attached hydrogen (secondary N) is 2. The maximum absolute atomic E-state index is 12.6. The minimum absolute atomic E-state index is 0.229. The fourth-order valence-electron chi connectivity index (χ4n) is 2.81. The number of amides is 2. The van der Waals surface area contributed by atoms with Crippen LogP contribution in [0, 0.1) is 13.8 Å². The average molecular weight is 386 g/mol. The maximum Gasteiger partial charge on any atom is 0.291 e. The largest absolute Gasteiger partial charge is 0.459 e. The maximum atomic E-state index is 12.6. The van der Waals surface area contributed by atoms with Crippen molar-refractivity contribution in [3.63, 3.8) is 0 Å². The van der Waals surface area contributed by atoms with Gasteiger partial charge in [-0.25, -0.2) is 9.97 Å². The Kier molecular flexibility index (Phi) is 4.78. The lowest BCUT2D eigenvalue weighted by molar-refractivity contribution is 0.0994. The van der Waals surface area contributed by atoms with E-state index in [1.807, 2.05) is 13.8 Å². The second-order valence-electron chi connectivity index (χ2n) is 6.56. The van der Waals surface area contributed by atoms with Crippen molar-refractivity contribution in [3.8, 4) is 0 Å². The number of rotatable bonds is 4. The molecule has 144 valence electrons. The third-order valence-electron chi connectivity index (χ3n) is 4.48. The minimum Gasteiger partial charge on any atom is -0.459 e. The summed E-state index contributed by atoms with van der Waals surface area (Å²) >= 11 is 0. The van der Waals surface area contributed by atoms with Crippen LogP contribution in [0.2, 0.25) is 0 Å². The number of hydrogen-bond acceptors (Lipinski definition) is 5. The van der Waals surface area contributed by atoms with Gasteiger partial charge in [-0.1, -0.05) is 0 Å². The van der Waals surface area contributed by atoms with Crippen molar-refractivity contribution in [1.29, 1.82) is 0 Å². The molecule has 0 aliphatic rings. The van der Waals surface area contributed by atoms with Gasteiger partial charge in [-0.15, -0.1) is 0 Å². The summed E-state index contributed by atoms with van der Waals surface area (Å²) < 4.78 is 5.06. The Morgan fingerprint density at radius 2 is 1.41 bits per heavy atom. The summed E-state index contributed by atoms with van der Waals surface area (Å²) in [5.74, 6) is -0.360. The Labute approximate surface area is 166 Å². The molecule has 4 rings (SSSR count). The molecule has 7 heteroatoms. The Bertz CT molecular complexity index is 1200. The van der Waals surface area contributed by atoms with Crippen LogP contribution in [0.15, 0.2) is 65.3 Å². The number of carbonyl (C=O) groups excluding carboxylic acids is 2. The van der Waals surface area contributed by atoms with Gasteiger partial charge in [-0.3, -0.25) is 9.59 Å². The molecule has 0 bridgehead atoms. The number of hydrogen-bond donors (Lipinski definition) is 2. The molecule has 7 nitrogen and oxygen atoms in total. The molecule has 4 aromatic rings. The summed E-state index contributed by atoms with van der Waals surface area (Å²) in [5, 5.41) is 5.56. The molecule has 2 amide bonds. The average Bonchev–Trinajstić information content (AvgIpc) is 3.25. The molecule has 0 radical (unpaired) electrons. The summed E-state index contributed by atoms with van der Waals surface area (Å²) in [6.07, 6.45) is 1.44. The van der Waals surface area contributed by atoms with Crippen molar-refractivity contribution < 1.29 is 14.0 Å². The summed E-state index contributed by atoms with van der Waals surface area (Å²) in [6.45, 7) is 3.80. The van der Waals surface area contributed by atoms with Crippen LogP contribution in [0.5, 0.6) is 0 Å². The summed E-state index contributed by atoms with van der Waals surface area (Å²) in [4.78, 5) is 33.5. The summed E-state index contributed by atoms with van der Waals surface area (Å²) in [7, 11) is 0. The van der Waals surface area contributed by atoms with Gasteiger partial charge < -0.3 is 15.1 Å². The Morgan fingerprint density at radius 1 is 0.793 bits per heavy atom. The van der Waals surface area contributed by atoms with E-state index in [2.05, 4.69) is 20.6 Å². The van der Waals surface area contributed by atoms with Gasteiger partial charge in [-0.05, 0) is 68.4 Å². The van der Waals surface area contributed by atoms with Gasteiger partial charge in [0.15, 0.2) is 5.76 Å². The van der Waals surface area contributed by atoms with Gasteiger partial charge in [0.05, 0.1) is 28.7 Å². The lowest BCUT2D eigenvalue weighted by Crippen LogP contribution is -2.13. The molecular formula is C22H18N4O3. The number of furan rings is 1. The van der Waals surface area contributed by atoms with E-state index in [0.717, 1.165) is 16.9 Å². The number of carbonyl (C=O) groups is 2. The van der Waals surface area contributed by atoms with Crippen LogP contribution in [-0.4, -0.2) is 21.8 Å². The lowest BCUT2D eigenvalue weighted by Gasteiger charge is -2.08. The number of nitrogens with zero attached hydrogens (tertiary/aromatic N) is 2. The van der Waals surface area contributed by atoms with Crippen molar-refractivity contribution >= 4 is 34.2 Å². The monoisotopic (exact) mass is 386 g/mol. The zero-order valence-electron chi connectivity index (χ0n) is 15.9. The molecule has 0 saturated carbocycles. The zero-order chi connectivity index (χ0) is 20.4. The third-order valence-corrected chi connectivity index (χ3v) is 4.48. The molecule has 0 aliphatic heterocycles. The normalized spacial score (nSPS) is 10.7. The van der Waals surface area contributed by atoms with Crippen molar-refractivity contribution in [2.45, 2.75) is 13.8 Å². The van der Waals surface area contributed by atoms with Gasteiger partial charge in [0.1, 0.15) is 0 Å². The van der Waals surface area contributed by atoms with Gasteiger partial charge in [0.2, 0.25) is 0 Å². The van der Waals surface area contributed by atoms with E-state index in [-0.39, 0.29) is 17.6 Å². The van der Waals surface area contributed by atoms with Crippen LogP contribution >= 0.6 is 0 Å². The number of aromatic nitrogens is 2. The lowest BCUT2D eigenvalue weighted by atomic mass is 10.1. The molecule has 2 heterocycles. The van der Waals surface area contributed by atoms with Crippen molar-refractivity contribution in [3.05, 3.63) is 83.6 Å². The van der Waals surface area contributed by atoms with Gasteiger partial charge in [-0.2, -0.15) is 0 Å². The molecule has 29 heavy (non-hydrogen) atoms. The van der Waals surface area contributed by atoms with E-state index < -0.39 is 0 Å². The van der Waals surface area contributed by atoms with Crippen molar-refractivity contribution in [1.82, 2.24) is 9.97 Å². The zero-order valence-corrected chi connectivity index (χ0v) is 15.9. The molecule has 0 spiro atoms. The molecule has 2 N–H and O–H groups in total. The molecular weight excluding hydrogens is 368 g/mol. The SMILES string of the molecule is Cc1nc2ccc(C(=O)Nc3ccc(NC(=O)c4ccco4)cc3)cc2nc1C. The minimum atomic E-state index is -0.338. The highest BCUT2D eigenvalue weighted by Crippen LogP contribution is 2.18.